The van der Waals surface area contributed by atoms with Gasteiger partial charge in [-0.15, -0.1) is 0 Å². The summed E-state index contributed by atoms with van der Waals surface area (Å²) < 4.78 is 28.0. The van der Waals surface area contributed by atoms with E-state index in [1.165, 1.54) is 0 Å². The molecule has 2 aromatic carbocycles. The van der Waals surface area contributed by atoms with Crippen LogP contribution in [0, 0.1) is 0 Å². The second-order valence-electron chi connectivity index (χ2n) is 6.46. The predicted octanol–water partition coefficient (Wildman–Crippen LogP) is 2.26. The van der Waals surface area contributed by atoms with Gasteiger partial charge in [0.15, 0.2) is 9.84 Å². The maximum Gasteiger partial charge on any atom is 0.319 e. The number of urea groups is 1. The van der Waals surface area contributed by atoms with Crippen LogP contribution >= 0.6 is 0 Å². The van der Waals surface area contributed by atoms with E-state index < -0.39 is 21.9 Å². The topological polar surface area (TPSA) is 114 Å². The second kappa shape index (κ2) is 8.30. The van der Waals surface area contributed by atoms with E-state index >= 15 is 0 Å². The zero-order valence-electron chi connectivity index (χ0n) is 15.3. The normalized spacial score (nSPS) is 17.5. The Balaban J connectivity index is 1.59. The lowest BCUT2D eigenvalue weighted by molar-refractivity contribution is 0.102. The molecule has 1 atom stereocenters. The number of hydrogen-bond acceptors (Lipinski definition) is 5. The van der Waals surface area contributed by atoms with E-state index in [0.29, 0.717) is 29.1 Å². The fraction of sp³-hybridized carbons (Fsp3) is 0.263. The molecule has 1 fully saturated rings. The average Bonchev–Trinajstić information content (AvgIpc) is 3.00. The van der Waals surface area contributed by atoms with E-state index in [9.17, 15) is 18.0 Å². The zero-order chi connectivity index (χ0) is 20.1. The quantitative estimate of drug-likeness (QED) is 0.709. The summed E-state index contributed by atoms with van der Waals surface area (Å²) in [7, 11) is -1.51. The van der Waals surface area contributed by atoms with Crippen LogP contribution in [0.4, 0.5) is 16.2 Å². The number of anilines is 2. The first kappa shape index (κ1) is 19.7. The third kappa shape index (κ3) is 5.23. The van der Waals surface area contributed by atoms with Crippen molar-refractivity contribution in [3.05, 3.63) is 54.1 Å². The van der Waals surface area contributed by atoms with E-state index in [4.69, 9.17) is 4.74 Å². The van der Waals surface area contributed by atoms with Crippen LogP contribution in [-0.4, -0.2) is 45.0 Å². The minimum atomic E-state index is -3.07. The molecular weight excluding hydrogens is 382 g/mol. The van der Waals surface area contributed by atoms with Gasteiger partial charge >= 0.3 is 6.03 Å². The smallest absolute Gasteiger partial charge is 0.319 e. The molecule has 28 heavy (non-hydrogen) atoms. The standard InChI is InChI=1S/C19H21N3O5S/c1-27-17-7-5-14(6-8-17)20-18(23)13-3-2-4-15(11-13)21-19(24)22-16-9-10-28(25,26)12-16/h2-8,11,16H,9-10,12H2,1H3,(H,20,23)(H2,21,22,24). The van der Waals surface area contributed by atoms with Gasteiger partial charge in [0.05, 0.1) is 18.6 Å². The molecule has 1 saturated heterocycles. The number of carbonyl (C=O) groups excluding carboxylic acids is 2. The summed E-state index contributed by atoms with van der Waals surface area (Å²) in [5.41, 5.74) is 1.42. The Hall–Kier alpha value is -3.07. The first-order valence-electron chi connectivity index (χ1n) is 8.68. The maximum atomic E-state index is 12.4. The fourth-order valence-electron chi connectivity index (χ4n) is 2.88. The van der Waals surface area contributed by atoms with Crippen molar-refractivity contribution in [2.75, 3.05) is 29.2 Å². The van der Waals surface area contributed by atoms with Gasteiger partial charge in [-0.05, 0) is 48.9 Å². The minimum Gasteiger partial charge on any atom is -0.497 e. The summed E-state index contributed by atoms with van der Waals surface area (Å²) in [6.07, 6.45) is 0.403. The van der Waals surface area contributed by atoms with E-state index in [1.54, 1.807) is 55.6 Å². The highest BCUT2D eigenvalue weighted by Gasteiger charge is 2.28. The lowest BCUT2D eigenvalue weighted by atomic mass is 10.2. The summed E-state index contributed by atoms with van der Waals surface area (Å²) in [5.74, 6) is 0.394. The lowest BCUT2D eigenvalue weighted by Crippen LogP contribution is -2.38. The molecule has 0 aromatic heterocycles. The van der Waals surface area contributed by atoms with Crippen LogP contribution in [0.2, 0.25) is 0 Å². The van der Waals surface area contributed by atoms with Crippen molar-refractivity contribution in [1.29, 1.82) is 0 Å². The predicted molar refractivity (Wildman–Crippen MR) is 107 cm³/mol. The molecule has 9 heteroatoms. The number of benzene rings is 2. The molecule has 0 saturated carbocycles. The van der Waals surface area contributed by atoms with Crippen LogP contribution in [0.25, 0.3) is 0 Å². The van der Waals surface area contributed by atoms with Crippen LogP contribution in [0.1, 0.15) is 16.8 Å². The highest BCUT2D eigenvalue weighted by molar-refractivity contribution is 7.91. The fourth-order valence-corrected chi connectivity index (χ4v) is 4.55. The largest absolute Gasteiger partial charge is 0.497 e. The molecule has 0 spiro atoms. The summed E-state index contributed by atoms with van der Waals surface area (Å²) >= 11 is 0. The van der Waals surface area contributed by atoms with E-state index in [2.05, 4.69) is 16.0 Å². The Morgan fingerprint density at radius 2 is 1.79 bits per heavy atom. The number of rotatable bonds is 5. The Labute approximate surface area is 163 Å². The van der Waals surface area contributed by atoms with E-state index in [1.807, 2.05) is 0 Å². The maximum absolute atomic E-state index is 12.4. The molecule has 0 aliphatic carbocycles. The molecule has 3 rings (SSSR count). The molecule has 1 aliphatic rings. The van der Waals surface area contributed by atoms with Crippen molar-refractivity contribution < 1.29 is 22.7 Å². The van der Waals surface area contributed by atoms with Crippen LogP contribution in [0.15, 0.2) is 48.5 Å². The van der Waals surface area contributed by atoms with Crippen molar-refractivity contribution in [2.45, 2.75) is 12.5 Å². The molecule has 2 aromatic rings. The van der Waals surface area contributed by atoms with Gasteiger partial charge in [-0.1, -0.05) is 6.07 Å². The summed E-state index contributed by atoms with van der Waals surface area (Å²) in [5, 5.41) is 8.04. The molecule has 8 nitrogen and oxygen atoms in total. The van der Waals surface area contributed by atoms with Gasteiger partial charge in [0.25, 0.3) is 5.91 Å². The number of amides is 3. The molecule has 3 N–H and O–H groups in total. The van der Waals surface area contributed by atoms with Gasteiger partial charge in [0.2, 0.25) is 0 Å². The van der Waals surface area contributed by atoms with Gasteiger partial charge in [-0.3, -0.25) is 4.79 Å². The number of carbonyl (C=O) groups is 2. The molecule has 0 radical (unpaired) electrons. The number of sulfone groups is 1. The third-order valence-electron chi connectivity index (χ3n) is 4.30. The first-order chi connectivity index (χ1) is 13.3. The molecule has 3 amide bonds. The van der Waals surface area contributed by atoms with Gasteiger partial charge in [-0.2, -0.15) is 0 Å². The van der Waals surface area contributed by atoms with Crippen molar-refractivity contribution in [2.24, 2.45) is 0 Å². The van der Waals surface area contributed by atoms with Crippen LogP contribution in [0.5, 0.6) is 5.75 Å². The van der Waals surface area contributed by atoms with Crippen molar-refractivity contribution in [3.8, 4) is 5.75 Å². The Bertz CT molecular complexity index is 973. The molecule has 1 unspecified atom stereocenters. The molecule has 0 bridgehead atoms. The summed E-state index contributed by atoms with van der Waals surface area (Å²) in [6.45, 7) is 0. The van der Waals surface area contributed by atoms with Gasteiger partial charge in [-0.25, -0.2) is 13.2 Å². The third-order valence-corrected chi connectivity index (χ3v) is 6.07. The van der Waals surface area contributed by atoms with Crippen LogP contribution in [-0.2, 0) is 9.84 Å². The average molecular weight is 403 g/mol. The first-order valence-corrected chi connectivity index (χ1v) is 10.5. The summed E-state index contributed by atoms with van der Waals surface area (Å²) in [4.78, 5) is 24.5. The Morgan fingerprint density at radius 1 is 1.04 bits per heavy atom. The molecule has 1 heterocycles. The number of methoxy groups -OCH3 is 1. The lowest BCUT2D eigenvalue weighted by Gasteiger charge is -2.13. The van der Waals surface area contributed by atoms with Crippen molar-refractivity contribution in [1.82, 2.24) is 5.32 Å². The summed E-state index contributed by atoms with van der Waals surface area (Å²) in [6, 6.07) is 12.5. The van der Waals surface area contributed by atoms with Gasteiger partial charge < -0.3 is 20.7 Å². The van der Waals surface area contributed by atoms with E-state index in [0.717, 1.165) is 0 Å². The van der Waals surface area contributed by atoms with Gasteiger partial charge in [0, 0.05) is 23.0 Å². The van der Waals surface area contributed by atoms with Crippen molar-refractivity contribution >= 4 is 33.2 Å². The van der Waals surface area contributed by atoms with E-state index in [-0.39, 0.29) is 17.4 Å². The SMILES string of the molecule is COc1ccc(NC(=O)c2cccc(NC(=O)NC3CCS(=O)(=O)C3)c2)cc1. The zero-order valence-corrected chi connectivity index (χ0v) is 16.1. The number of ether oxygens (including phenoxy) is 1. The molecule has 1 aliphatic heterocycles. The highest BCUT2D eigenvalue weighted by Crippen LogP contribution is 2.17. The number of nitrogens with one attached hydrogen (secondary N) is 3. The highest BCUT2D eigenvalue weighted by atomic mass is 32.2. The number of hydrogen-bond donors (Lipinski definition) is 3. The second-order valence-corrected chi connectivity index (χ2v) is 8.69. The monoisotopic (exact) mass is 403 g/mol. The van der Waals surface area contributed by atoms with Crippen LogP contribution in [0.3, 0.4) is 0 Å². The minimum absolute atomic E-state index is 0.0509. The van der Waals surface area contributed by atoms with Crippen LogP contribution < -0.4 is 20.7 Å². The van der Waals surface area contributed by atoms with Crippen molar-refractivity contribution in [3.63, 3.8) is 0 Å². The Morgan fingerprint density at radius 3 is 2.43 bits per heavy atom. The van der Waals surface area contributed by atoms with Gasteiger partial charge in [0.1, 0.15) is 5.75 Å². The Kier molecular flexibility index (Phi) is 5.84. The molecule has 148 valence electrons. The molecular formula is C19H21N3O5S.